The molecule has 0 aromatic heterocycles. The second-order valence-corrected chi connectivity index (χ2v) is 8.06. The summed E-state index contributed by atoms with van der Waals surface area (Å²) in [5.41, 5.74) is 0. The Kier molecular flexibility index (Phi) is 23.2. The van der Waals surface area contributed by atoms with Gasteiger partial charge < -0.3 is 14.6 Å². The maximum atomic E-state index is 11.7. The SMILES string of the molecule is CCCC/C=C\C/C=C\CCCCCCCCOCC(CO)OC(=O)CCCCC. The van der Waals surface area contributed by atoms with Crippen LogP contribution in [0.2, 0.25) is 0 Å². The Hall–Kier alpha value is -1.13. The van der Waals surface area contributed by atoms with Crippen molar-refractivity contribution in [1.82, 2.24) is 0 Å². The molecule has 0 saturated carbocycles. The number of hydrogen-bond donors (Lipinski definition) is 1. The van der Waals surface area contributed by atoms with Gasteiger partial charge in [0.1, 0.15) is 6.10 Å². The van der Waals surface area contributed by atoms with Crippen molar-refractivity contribution in [2.75, 3.05) is 19.8 Å². The van der Waals surface area contributed by atoms with Crippen molar-refractivity contribution in [2.45, 2.75) is 116 Å². The molecule has 0 radical (unpaired) electrons. The van der Waals surface area contributed by atoms with Gasteiger partial charge in [-0.05, 0) is 38.5 Å². The normalized spacial score (nSPS) is 12.8. The topological polar surface area (TPSA) is 55.8 Å². The van der Waals surface area contributed by atoms with Gasteiger partial charge in [-0.2, -0.15) is 0 Å². The fourth-order valence-electron chi connectivity index (χ4n) is 3.11. The lowest BCUT2D eigenvalue weighted by Gasteiger charge is -2.15. The minimum absolute atomic E-state index is 0.177. The summed E-state index contributed by atoms with van der Waals surface area (Å²) in [6, 6.07) is 0. The van der Waals surface area contributed by atoms with E-state index in [9.17, 15) is 9.90 Å². The Morgan fingerprint density at radius 2 is 1.43 bits per heavy atom. The fourth-order valence-corrected chi connectivity index (χ4v) is 3.11. The summed E-state index contributed by atoms with van der Waals surface area (Å²) in [4.78, 5) is 11.7. The third-order valence-corrected chi connectivity index (χ3v) is 5.03. The van der Waals surface area contributed by atoms with Crippen LogP contribution < -0.4 is 0 Å². The zero-order chi connectivity index (χ0) is 22.1. The van der Waals surface area contributed by atoms with E-state index in [0.717, 1.165) is 32.1 Å². The lowest BCUT2D eigenvalue weighted by Crippen LogP contribution is -2.27. The number of ether oxygens (including phenoxy) is 2. The van der Waals surface area contributed by atoms with Gasteiger partial charge in [-0.1, -0.05) is 89.5 Å². The zero-order valence-corrected chi connectivity index (χ0v) is 19.8. The smallest absolute Gasteiger partial charge is 0.306 e. The van der Waals surface area contributed by atoms with Crippen molar-refractivity contribution in [1.29, 1.82) is 0 Å². The Labute approximate surface area is 186 Å². The van der Waals surface area contributed by atoms with Crippen molar-refractivity contribution in [3.63, 3.8) is 0 Å². The third-order valence-electron chi connectivity index (χ3n) is 5.03. The first-order valence-electron chi connectivity index (χ1n) is 12.4. The molecular weight excluding hydrogens is 376 g/mol. The van der Waals surface area contributed by atoms with Crippen molar-refractivity contribution in [2.24, 2.45) is 0 Å². The molecular formula is C26H48O4. The van der Waals surface area contributed by atoms with E-state index < -0.39 is 6.10 Å². The number of carbonyl (C=O) groups is 1. The molecule has 0 amide bonds. The second kappa shape index (κ2) is 24.1. The maximum Gasteiger partial charge on any atom is 0.306 e. The van der Waals surface area contributed by atoms with Crippen LogP contribution in [0.5, 0.6) is 0 Å². The van der Waals surface area contributed by atoms with E-state index in [1.807, 2.05) is 0 Å². The molecule has 0 rings (SSSR count). The molecule has 0 aromatic rings. The van der Waals surface area contributed by atoms with Crippen molar-refractivity contribution in [3.05, 3.63) is 24.3 Å². The van der Waals surface area contributed by atoms with Crippen LogP contribution >= 0.6 is 0 Å². The maximum absolute atomic E-state index is 11.7. The number of carbonyl (C=O) groups excluding carboxylic acids is 1. The molecule has 0 spiro atoms. The van der Waals surface area contributed by atoms with Crippen molar-refractivity contribution < 1.29 is 19.4 Å². The molecule has 30 heavy (non-hydrogen) atoms. The van der Waals surface area contributed by atoms with Gasteiger partial charge >= 0.3 is 5.97 Å². The molecule has 0 saturated heterocycles. The van der Waals surface area contributed by atoms with E-state index in [1.165, 1.54) is 57.8 Å². The van der Waals surface area contributed by atoms with Crippen LogP contribution in [0.15, 0.2) is 24.3 Å². The highest BCUT2D eigenvalue weighted by molar-refractivity contribution is 5.69. The van der Waals surface area contributed by atoms with Gasteiger partial charge in [-0.3, -0.25) is 4.79 Å². The van der Waals surface area contributed by atoms with Crippen molar-refractivity contribution in [3.8, 4) is 0 Å². The number of esters is 1. The summed E-state index contributed by atoms with van der Waals surface area (Å²) >= 11 is 0. The van der Waals surface area contributed by atoms with Gasteiger partial charge in [0.25, 0.3) is 0 Å². The standard InChI is InChI=1S/C26H48O4/c1-3-5-7-8-9-10-11-12-13-14-15-16-17-18-20-22-29-24-25(23-27)30-26(28)21-19-6-4-2/h8-9,11-12,25,27H,3-7,10,13-24H2,1-2H3/b9-8-,12-11-. The molecule has 1 atom stereocenters. The number of aliphatic hydroxyl groups is 1. The van der Waals surface area contributed by atoms with Crippen LogP contribution in [0.25, 0.3) is 0 Å². The third kappa shape index (κ3) is 21.6. The summed E-state index contributed by atoms with van der Waals surface area (Å²) in [5.74, 6) is -0.232. The Bertz CT molecular complexity index is 417. The lowest BCUT2D eigenvalue weighted by atomic mass is 10.1. The Morgan fingerprint density at radius 1 is 0.800 bits per heavy atom. The first-order chi connectivity index (χ1) is 14.7. The van der Waals surface area contributed by atoms with Gasteiger partial charge in [0.2, 0.25) is 0 Å². The average Bonchev–Trinajstić information content (AvgIpc) is 2.75. The molecule has 176 valence electrons. The van der Waals surface area contributed by atoms with E-state index in [2.05, 4.69) is 38.2 Å². The molecule has 4 nitrogen and oxygen atoms in total. The van der Waals surface area contributed by atoms with Crippen LogP contribution in [-0.4, -0.2) is 37.0 Å². The molecule has 0 aromatic carbocycles. The van der Waals surface area contributed by atoms with Crippen molar-refractivity contribution >= 4 is 5.97 Å². The Balaban J connectivity index is 3.42. The number of aliphatic hydroxyl groups excluding tert-OH is 1. The second-order valence-electron chi connectivity index (χ2n) is 8.06. The number of unbranched alkanes of at least 4 members (excludes halogenated alkanes) is 10. The quantitative estimate of drug-likeness (QED) is 0.116. The van der Waals surface area contributed by atoms with E-state index in [4.69, 9.17) is 9.47 Å². The molecule has 0 aliphatic carbocycles. The van der Waals surface area contributed by atoms with E-state index in [-0.39, 0.29) is 19.2 Å². The summed E-state index contributed by atoms with van der Waals surface area (Å²) in [6.45, 7) is 5.10. The van der Waals surface area contributed by atoms with Gasteiger partial charge in [0.05, 0.1) is 13.2 Å². The molecule has 0 aliphatic heterocycles. The van der Waals surface area contributed by atoms with Gasteiger partial charge in [0.15, 0.2) is 0 Å². The van der Waals surface area contributed by atoms with Gasteiger partial charge in [-0.15, -0.1) is 0 Å². The van der Waals surface area contributed by atoms with Gasteiger partial charge in [0, 0.05) is 13.0 Å². The predicted molar refractivity (Wildman–Crippen MR) is 127 cm³/mol. The van der Waals surface area contributed by atoms with Gasteiger partial charge in [-0.25, -0.2) is 0 Å². The minimum Gasteiger partial charge on any atom is -0.457 e. The largest absolute Gasteiger partial charge is 0.457 e. The highest BCUT2D eigenvalue weighted by atomic mass is 16.6. The minimum atomic E-state index is -0.529. The van der Waals surface area contributed by atoms with Crippen LogP contribution in [0.3, 0.4) is 0 Å². The fraction of sp³-hybridized carbons (Fsp3) is 0.808. The highest BCUT2D eigenvalue weighted by Crippen LogP contribution is 2.09. The Morgan fingerprint density at radius 3 is 2.10 bits per heavy atom. The van der Waals surface area contributed by atoms with E-state index >= 15 is 0 Å². The summed E-state index contributed by atoms with van der Waals surface area (Å²) in [7, 11) is 0. The van der Waals surface area contributed by atoms with Crippen LogP contribution in [0, 0.1) is 0 Å². The van der Waals surface area contributed by atoms with E-state index in [0.29, 0.717) is 13.0 Å². The summed E-state index contributed by atoms with van der Waals surface area (Å²) < 4.78 is 10.8. The summed E-state index contributed by atoms with van der Waals surface area (Å²) in [6.07, 6.45) is 25.3. The van der Waals surface area contributed by atoms with Crippen LogP contribution in [0.4, 0.5) is 0 Å². The lowest BCUT2D eigenvalue weighted by molar-refractivity contribution is -0.154. The molecule has 0 aliphatic rings. The summed E-state index contributed by atoms with van der Waals surface area (Å²) in [5, 5.41) is 9.32. The first-order valence-corrected chi connectivity index (χ1v) is 12.4. The van der Waals surface area contributed by atoms with Crippen LogP contribution in [0.1, 0.15) is 110 Å². The van der Waals surface area contributed by atoms with Crippen LogP contribution in [-0.2, 0) is 14.3 Å². The monoisotopic (exact) mass is 424 g/mol. The average molecular weight is 425 g/mol. The predicted octanol–water partition coefficient (Wildman–Crippen LogP) is 6.91. The molecule has 0 heterocycles. The molecule has 1 N–H and O–H groups in total. The molecule has 0 fully saturated rings. The zero-order valence-electron chi connectivity index (χ0n) is 19.8. The number of allylic oxidation sites excluding steroid dienone is 4. The van der Waals surface area contributed by atoms with E-state index in [1.54, 1.807) is 0 Å². The molecule has 4 heteroatoms. The molecule has 1 unspecified atom stereocenters. The first kappa shape index (κ1) is 28.9. The molecule has 0 bridgehead atoms. The highest BCUT2D eigenvalue weighted by Gasteiger charge is 2.13. The number of hydrogen-bond acceptors (Lipinski definition) is 4. The number of rotatable bonds is 22.